The van der Waals surface area contributed by atoms with Gasteiger partial charge in [0.2, 0.25) is 5.91 Å². The van der Waals surface area contributed by atoms with Crippen LogP contribution in [-0.2, 0) is 4.79 Å². The van der Waals surface area contributed by atoms with Gasteiger partial charge in [0.1, 0.15) is 5.82 Å². The van der Waals surface area contributed by atoms with Gasteiger partial charge >= 0.3 is 0 Å². The molecule has 0 atom stereocenters. The van der Waals surface area contributed by atoms with Crippen LogP contribution in [0.3, 0.4) is 0 Å². The van der Waals surface area contributed by atoms with Gasteiger partial charge in [-0.3, -0.25) is 4.79 Å². The minimum atomic E-state index is -0.463. The number of aryl methyl sites for hydroxylation is 1. The van der Waals surface area contributed by atoms with E-state index in [1.807, 2.05) is 25.1 Å². The van der Waals surface area contributed by atoms with Gasteiger partial charge in [-0.25, -0.2) is 4.98 Å². The number of pyridine rings is 1. The first-order valence-corrected chi connectivity index (χ1v) is 7.03. The largest absolute Gasteiger partial charge is 0.329 e. The molecule has 1 rings (SSSR count). The number of rotatable bonds is 7. The lowest BCUT2D eigenvalue weighted by Crippen LogP contribution is -2.42. The molecule has 1 amide bonds. The summed E-state index contributed by atoms with van der Waals surface area (Å²) in [6.45, 7) is 6.45. The molecule has 0 radical (unpaired) electrons. The van der Waals surface area contributed by atoms with E-state index < -0.39 is 5.41 Å². The first-order valence-electron chi connectivity index (χ1n) is 7.03. The van der Waals surface area contributed by atoms with Crippen molar-refractivity contribution >= 4 is 11.7 Å². The average molecular weight is 263 g/mol. The number of carbonyl (C=O) groups excluding carboxylic acids is 1. The minimum Gasteiger partial charge on any atom is -0.329 e. The summed E-state index contributed by atoms with van der Waals surface area (Å²) in [7, 11) is 0. The predicted octanol–water partition coefficient (Wildman–Crippen LogP) is 2.87. The van der Waals surface area contributed by atoms with Crippen LogP contribution in [0.5, 0.6) is 0 Å². The minimum absolute atomic E-state index is 0.00296. The van der Waals surface area contributed by atoms with Gasteiger partial charge in [-0.15, -0.1) is 0 Å². The molecule has 1 aromatic rings. The third-order valence-corrected chi connectivity index (χ3v) is 3.46. The maximum Gasteiger partial charge on any atom is 0.233 e. The van der Waals surface area contributed by atoms with Crippen molar-refractivity contribution in [3.05, 3.63) is 23.9 Å². The highest BCUT2D eigenvalue weighted by molar-refractivity contribution is 5.94. The highest BCUT2D eigenvalue weighted by Gasteiger charge is 2.35. The zero-order chi connectivity index (χ0) is 14.3. The van der Waals surface area contributed by atoms with Crippen molar-refractivity contribution in [3.63, 3.8) is 0 Å². The van der Waals surface area contributed by atoms with E-state index in [4.69, 9.17) is 5.73 Å². The van der Waals surface area contributed by atoms with Gasteiger partial charge in [0.05, 0.1) is 5.41 Å². The molecular formula is C15H25N3O. The molecule has 0 aromatic carbocycles. The molecule has 0 saturated carbocycles. The molecule has 0 bridgehead atoms. The third-order valence-electron chi connectivity index (χ3n) is 3.46. The first-order chi connectivity index (χ1) is 9.07. The Hall–Kier alpha value is -1.42. The van der Waals surface area contributed by atoms with E-state index in [-0.39, 0.29) is 5.91 Å². The fraction of sp³-hybridized carbons (Fsp3) is 0.600. The monoisotopic (exact) mass is 263 g/mol. The standard InChI is InChI=1S/C15H25N3O/c1-4-9-15(11-16,10-5-2)14(19)18-13-8-6-7-12(3)17-13/h6-8H,4-5,9-11,16H2,1-3H3,(H,17,18,19). The normalized spacial score (nSPS) is 11.4. The smallest absolute Gasteiger partial charge is 0.233 e. The Labute approximate surface area is 115 Å². The Morgan fingerprint density at radius 2 is 1.95 bits per heavy atom. The van der Waals surface area contributed by atoms with Gasteiger partial charge in [-0.2, -0.15) is 0 Å². The number of nitrogens with zero attached hydrogens (tertiary/aromatic N) is 1. The van der Waals surface area contributed by atoms with E-state index in [0.717, 1.165) is 31.4 Å². The lowest BCUT2D eigenvalue weighted by atomic mass is 9.78. The summed E-state index contributed by atoms with van der Waals surface area (Å²) in [5.74, 6) is 0.604. The number of aromatic nitrogens is 1. The van der Waals surface area contributed by atoms with E-state index >= 15 is 0 Å². The van der Waals surface area contributed by atoms with Crippen LogP contribution in [0.25, 0.3) is 0 Å². The predicted molar refractivity (Wildman–Crippen MR) is 78.9 cm³/mol. The molecule has 19 heavy (non-hydrogen) atoms. The van der Waals surface area contributed by atoms with Gasteiger partial charge in [0, 0.05) is 12.2 Å². The van der Waals surface area contributed by atoms with Crippen molar-refractivity contribution in [2.24, 2.45) is 11.1 Å². The van der Waals surface area contributed by atoms with Crippen molar-refractivity contribution in [3.8, 4) is 0 Å². The van der Waals surface area contributed by atoms with Crippen LogP contribution in [0.4, 0.5) is 5.82 Å². The zero-order valence-corrected chi connectivity index (χ0v) is 12.2. The van der Waals surface area contributed by atoms with Gasteiger partial charge in [-0.1, -0.05) is 32.8 Å². The van der Waals surface area contributed by atoms with Crippen LogP contribution in [0, 0.1) is 12.3 Å². The average Bonchev–Trinajstić information content (AvgIpc) is 2.38. The molecule has 0 saturated heterocycles. The van der Waals surface area contributed by atoms with E-state index in [0.29, 0.717) is 12.4 Å². The Morgan fingerprint density at radius 1 is 1.32 bits per heavy atom. The summed E-state index contributed by atoms with van der Waals surface area (Å²) in [6, 6.07) is 5.61. The second kappa shape index (κ2) is 7.24. The molecule has 3 N–H and O–H groups in total. The van der Waals surface area contributed by atoms with Gasteiger partial charge in [0.15, 0.2) is 0 Å². The van der Waals surface area contributed by atoms with E-state index in [9.17, 15) is 4.79 Å². The quantitative estimate of drug-likeness (QED) is 0.794. The molecule has 4 nitrogen and oxygen atoms in total. The van der Waals surface area contributed by atoms with Crippen molar-refractivity contribution in [2.75, 3.05) is 11.9 Å². The summed E-state index contributed by atoms with van der Waals surface area (Å²) in [5, 5.41) is 2.91. The van der Waals surface area contributed by atoms with Crippen LogP contribution in [-0.4, -0.2) is 17.4 Å². The van der Waals surface area contributed by atoms with Crippen LogP contribution in [0.1, 0.15) is 45.2 Å². The maximum absolute atomic E-state index is 12.5. The van der Waals surface area contributed by atoms with E-state index in [1.165, 1.54) is 0 Å². The molecule has 0 aliphatic heterocycles. The van der Waals surface area contributed by atoms with E-state index in [1.54, 1.807) is 0 Å². The second-order valence-electron chi connectivity index (χ2n) is 5.10. The highest BCUT2D eigenvalue weighted by Crippen LogP contribution is 2.30. The zero-order valence-electron chi connectivity index (χ0n) is 12.2. The number of nitrogens with one attached hydrogen (secondary N) is 1. The second-order valence-corrected chi connectivity index (χ2v) is 5.10. The summed E-state index contributed by atoms with van der Waals surface area (Å²) < 4.78 is 0. The van der Waals surface area contributed by atoms with Crippen LogP contribution < -0.4 is 11.1 Å². The van der Waals surface area contributed by atoms with Crippen molar-refractivity contribution in [2.45, 2.75) is 46.5 Å². The molecule has 0 fully saturated rings. The van der Waals surface area contributed by atoms with Gasteiger partial charge < -0.3 is 11.1 Å². The summed E-state index contributed by atoms with van der Waals surface area (Å²) in [4.78, 5) is 16.8. The van der Waals surface area contributed by atoms with Crippen LogP contribution >= 0.6 is 0 Å². The van der Waals surface area contributed by atoms with Crippen molar-refractivity contribution in [1.29, 1.82) is 0 Å². The first kappa shape index (κ1) is 15.6. The van der Waals surface area contributed by atoms with Gasteiger partial charge in [0.25, 0.3) is 0 Å². The fourth-order valence-electron chi connectivity index (χ4n) is 2.47. The van der Waals surface area contributed by atoms with Crippen LogP contribution in [0.15, 0.2) is 18.2 Å². The van der Waals surface area contributed by atoms with E-state index in [2.05, 4.69) is 24.1 Å². The van der Waals surface area contributed by atoms with Crippen molar-refractivity contribution < 1.29 is 4.79 Å². The number of anilines is 1. The molecule has 0 unspecified atom stereocenters. The maximum atomic E-state index is 12.5. The molecular weight excluding hydrogens is 238 g/mol. The van der Waals surface area contributed by atoms with Crippen LogP contribution in [0.2, 0.25) is 0 Å². The SMILES string of the molecule is CCCC(CN)(CCC)C(=O)Nc1cccc(C)n1. The molecule has 1 heterocycles. The number of amides is 1. The molecule has 0 aliphatic rings. The number of hydrogen-bond donors (Lipinski definition) is 2. The molecule has 0 spiro atoms. The number of nitrogens with two attached hydrogens (primary N) is 1. The Kier molecular flexibility index (Phi) is 5.96. The Bertz CT molecular complexity index is 412. The fourth-order valence-corrected chi connectivity index (χ4v) is 2.47. The molecule has 106 valence electrons. The lowest BCUT2D eigenvalue weighted by molar-refractivity contribution is -0.126. The molecule has 1 aromatic heterocycles. The molecule has 4 heteroatoms. The summed E-state index contributed by atoms with van der Waals surface area (Å²) in [6.07, 6.45) is 3.53. The summed E-state index contributed by atoms with van der Waals surface area (Å²) in [5.41, 5.74) is 6.31. The topological polar surface area (TPSA) is 68.0 Å². The Morgan fingerprint density at radius 3 is 2.42 bits per heavy atom. The number of carbonyl (C=O) groups is 1. The molecule has 0 aliphatic carbocycles. The van der Waals surface area contributed by atoms with Gasteiger partial charge in [-0.05, 0) is 31.9 Å². The Balaban J connectivity index is 2.87. The highest BCUT2D eigenvalue weighted by atomic mass is 16.2. The number of hydrogen-bond acceptors (Lipinski definition) is 3. The lowest BCUT2D eigenvalue weighted by Gasteiger charge is -2.30. The van der Waals surface area contributed by atoms with Crippen molar-refractivity contribution in [1.82, 2.24) is 4.98 Å². The summed E-state index contributed by atoms with van der Waals surface area (Å²) >= 11 is 0. The third kappa shape index (κ3) is 4.03.